The summed E-state index contributed by atoms with van der Waals surface area (Å²) in [4.78, 5) is 0. The summed E-state index contributed by atoms with van der Waals surface area (Å²) in [7, 11) is 0. The van der Waals surface area contributed by atoms with E-state index in [9.17, 15) is 0 Å². The van der Waals surface area contributed by atoms with Crippen LogP contribution in [0.3, 0.4) is 0 Å². The van der Waals surface area contributed by atoms with E-state index in [-0.39, 0.29) is 0 Å². The molecule has 11 aromatic carbocycles. The molecule has 0 aliphatic heterocycles. The molecular formula is C56H32O2. The van der Waals surface area contributed by atoms with Crippen LogP contribution in [0.25, 0.3) is 131 Å². The monoisotopic (exact) mass is 736 g/mol. The molecule has 268 valence electrons. The van der Waals surface area contributed by atoms with Gasteiger partial charge in [-0.2, -0.15) is 0 Å². The Labute approximate surface area is 332 Å². The highest BCUT2D eigenvalue weighted by molar-refractivity contribution is 6.28. The molecule has 0 aliphatic rings. The zero-order valence-corrected chi connectivity index (χ0v) is 31.3. The fourth-order valence-electron chi connectivity index (χ4n) is 9.96. The molecule has 2 heteroatoms. The van der Waals surface area contributed by atoms with E-state index < -0.39 is 0 Å². The number of benzene rings is 11. The molecule has 2 aromatic heterocycles. The zero-order valence-electron chi connectivity index (χ0n) is 31.3. The average molecular weight is 737 g/mol. The predicted molar refractivity (Wildman–Crippen MR) is 245 cm³/mol. The van der Waals surface area contributed by atoms with Crippen molar-refractivity contribution in [1.82, 2.24) is 0 Å². The zero-order chi connectivity index (χ0) is 37.9. The van der Waals surface area contributed by atoms with Crippen LogP contribution >= 0.6 is 0 Å². The molecule has 13 rings (SSSR count). The van der Waals surface area contributed by atoms with E-state index in [0.29, 0.717) is 0 Å². The lowest BCUT2D eigenvalue weighted by atomic mass is 9.83. The van der Waals surface area contributed by atoms with Gasteiger partial charge in [-0.15, -0.1) is 0 Å². The van der Waals surface area contributed by atoms with Crippen LogP contribution in [-0.4, -0.2) is 0 Å². The third-order valence-corrected chi connectivity index (χ3v) is 12.4. The Morgan fingerprint density at radius 3 is 1.47 bits per heavy atom. The minimum absolute atomic E-state index is 0.872. The van der Waals surface area contributed by atoms with Crippen molar-refractivity contribution in [2.24, 2.45) is 0 Å². The molecule has 0 saturated heterocycles. The van der Waals surface area contributed by atoms with Crippen molar-refractivity contribution < 1.29 is 8.83 Å². The second-order valence-electron chi connectivity index (χ2n) is 15.5. The quantitative estimate of drug-likeness (QED) is 0.133. The summed E-state index contributed by atoms with van der Waals surface area (Å²) in [5.74, 6) is 0. The van der Waals surface area contributed by atoms with Crippen LogP contribution in [0.4, 0.5) is 0 Å². The Hall–Kier alpha value is -7.68. The first-order valence-corrected chi connectivity index (χ1v) is 19.9. The molecule has 0 atom stereocenters. The molecule has 0 saturated carbocycles. The lowest BCUT2D eigenvalue weighted by molar-refractivity contribution is 0.668. The molecule has 2 nitrogen and oxygen atoms in total. The maximum atomic E-state index is 7.00. The molecule has 13 aromatic rings. The van der Waals surface area contributed by atoms with E-state index >= 15 is 0 Å². The summed E-state index contributed by atoms with van der Waals surface area (Å²) in [5.41, 5.74) is 10.5. The Morgan fingerprint density at radius 2 is 0.741 bits per heavy atom. The van der Waals surface area contributed by atoms with E-state index in [2.05, 4.69) is 182 Å². The molecule has 0 bridgehead atoms. The Bertz CT molecular complexity index is 3800. The lowest BCUT2D eigenvalue weighted by Gasteiger charge is -2.19. The van der Waals surface area contributed by atoms with Crippen molar-refractivity contribution in [2.45, 2.75) is 0 Å². The van der Waals surface area contributed by atoms with Crippen molar-refractivity contribution in [3.8, 4) is 33.4 Å². The maximum Gasteiger partial charge on any atom is 0.143 e. The highest BCUT2D eigenvalue weighted by Gasteiger charge is 2.24. The molecule has 2 heterocycles. The topological polar surface area (TPSA) is 26.3 Å². The van der Waals surface area contributed by atoms with Gasteiger partial charge in [0, 0.05) is 32.7 Å². The second-order valence-corrected chi connectivity index (χ2v) is 15.5. The van der Waals surface area contributed by atoms with E-state index in [1.807, 2.05) is 12.1 Å². The number of rotatable bonds is 3. The van der Waals surface area contributed by atoms with Crippen molar-refractivity contribution in [3.05, 3.63) is 194 Å². The first kappa shape index (κ1) is 31.5. The van der Waals surface area contributed by atoms with Crippen molar-refractivity contribution in [1.29, 1.82) is 0 Å². The molecule has 0 spiro atoms. The van der Waals surface area contributed by atoms with Gasteiger partial charge in [0.1, 0.15) is 22.3 Å². The van der Waals surface area contributed by atoms with Gasteiger partial charge < -0.3 is 8.83 Å². The fourth-order valence-corrected chi connectivity index (χ4v) is 9.96. The van der Waals surface area contributed by atoms with Crippen molar-refractivity contribution in [3.63, 3.8) is 0 Å². The minimum Gasteiger partial charge on any atom is -0.456 e. The van der Waals surface area contributed by atoms with Crippen LogP contribution in [0.5, 0.6) is 0 Å². The van der Waals surface area contributed by atoms with Crippen molar-refractivity contribution in [2.75, 3.05) is 0 Å². The van der Waals surface area contributed by atoms with Crippen LogP contribution in [-0.2, 0) is 0 Å². The summed E-state index contributed by atoms with van der Waals surface area (Å²) >= 11 is 0. The Kier molecular flexibility index (Phi) is 6.47. The smallest absolute Gasteiger partial charge is 0.143 e. The Morgan fingerprint density at radius 1 is 0.241 bits per heavy atom. The molecule has 0 N–H and O–H groups in total. The summed E-state index contributed by atoms with van der Waals surface area (Å²) < 4.78 is 13.4. The van der Waals surface area contributed by atoms with Crippen LogP contribution in [0, 0.1) is 0 Å². The van der Waals surface area contributed by atoms with E-state index in [1.165, 1.54) is 70.6 Å². The standard InChI is InChI=1S/C56H32O2/c1-2-14-34-32-48-35(31-33(34)13-1)27-28-37-36(48)21-11-22-38(37)52-39-15-3-5-17-41(39)53(42-18-6-4-16-40(42)52)47-30-29-44(55-46-20-8-10-25-50(46)58-56(47)55)43-23-12-26-51-54(43)45-19-7-9-24-49(45)57-51/h1-32H. The first-order valence-electron chi connectivity index (χ1n) is 19.9. The lowest BCUT2D eigenvalue weighted by Crippen LogP contribution is -1.93. The van der Waals surface area contributed by atoms with Crippen molar-refractivity contribution >= 4 is 97.7 Å². The van der Waals surface area contributed by atoms with Gasteiger partial charge >= 0.3 is 0 Å². The predicted octanol–water partition coefficient (Wildman–Crippen LogP) is 16.3. The van der Waals surface area contributed by atoms with Crippen LogP contribution in [0.15, 0.2) is 203 Å². The third-order valence-electron chi connectivity index (χ3n) is 12.4. The SMILES string of the molecule is c1ccc2cc3c(ccc4c(-c5c6ccccc6c(-c6ccc(-c7cccc8oc9ccccc9c78)c7c6oc6ccccc67)c6ccccc56)cccc43)cc2c1. The van der Waals surface area contributed by atoms with Gasteiger partial charge in [-0.05, 0) is 113 Å². The fraction of sp³-hybridized carbons (Fsp3) is 0. The third kappa shape index (κ3) is 4.37. The van der Waals surface area contributed by atoms with Gasteiger partial charge in [0.2, 0.25) is 0 Å². The summed E-state index contributed by atoms with van der Waals surface area (Å²) in [6.45, 7) is 0. The van der Waals surface area contributed by atoms with Gasteiger partial charge in [-0.3, -0.25) is 0 Å². The molecule has 0 radical (unpaired) electrons. The van der Waals surface area contributed by atoms with Gasteiger partial charge in [0.05, 0.1) is 0 Å². The molecule has 0 unspecified atom stereocenters. The van der Waals surface area contributed by atoms with Gasteiger partial charge in [-0.25, -0.2) is 0 Å². The highest BCUT2D eigenvalue weighted by atomic mass is 16.3. The summed E-state index contributed by atoms with van der Waals surface area (Å²) in [6, 6.07) is 70.3. The number of para-hydroxylation sites is 2. The van der Waals surface area contributed by atoms with Gasteiger partial charge in [0.25, 0.3) is 0 Å². The largest absolute Gasteiger partial charge is 0.456 e. The first-order chi connectivity index (χ1) is 28.8. The molecule has 0 amide bonds. The number of hydrogen-bond acceptors (Lipinski definition) is 2. The summed E-state index contributed by atoms with van der Waals surface area (Å²) in [5, 5.41) is 16.8. The molecule has 58 heavy (non-hydrogen) atoms. The summed E-state index contributed by atoms with van der Waals surface area (Å²) in [6.07, 6.45) is 0. The second kappa shape index (κ2) is 11.9. The number of fused-ring (bicyclic) bond motifs is 12. The maximum absolute atomic E-state index is 7.00. The highest BCUT2D eigenvalue weighted by Crippen LogP contribution is 2.50. The van der Waals surface area contributed by atoms with Crippen LogP contribution in [0.1, 0.15) is 0 Å². The van der Waals surface area contributed by atoms with E-state index in [1.54, 1.807) is 0 Å². The average Bonchev–Trinajstić information content (AvgIpc) is 3.87. The number of furan rings is 2. The molecular weight excluding hydrogens is 705 g/mol. The number of hydrogen-bond donors (Lipinski definition) is 0. The van der Waals surface area contributed by atoms with E-state index in [4.69, 9.17) is 8.83 Å². The van der Waals surface area contributed by atoms with Gasteiger partial charge in [0.15, 0.2) is 0 Å². The van der Waals surface area contributed by atoms with Gasteiger partial charge in [-0.1, -0.05) is 158 Å². The van der Waals surface area contributed by atoms with Crippen LogP contribution in [0.2, 0.25) is 0 Å². The Balaban J connectivity index is 1.12. The molecule has 0 fully saturated rings. The van der Waals surface area contributed by atoms with E-state index in [0.717, 1.165) is 60.6 Å². The molecule has 0 aliphatic carbocycles. The van der Waals surface area contributed by atoms with Crippen LogP contribution < -0.4 is 0 Å². The normalized spacial score (nSPS) is 12.1. The minimum atomic E-state index is 0.872.